The maximum atomic E-state index is 11.9. The van der Waals surface area contributed by atoms with E-state index in [9.17, 15) is 9.59 Å². The van der Waals surface area contributed by atoms with Gasteiger partial charge in [-0.05, 0) is 67.2 Å². The van der Waals surface area contributed by atoms with Crippen molar-refractivity contribution in [1.29, 1.82) is 0 Å². The van der Waals surface area contributed by atoms with Crippen LogP contribution >= 0.6 is 0 Å². The number of amides is 2. The SMILES string of the molecule is C=CCN[C@@H]1CCCN(C(=O)OC(C)(C)C)C1.CC(C)(C)OC(=O)N1CCC[C@@H](N)C1. The molecule has 0 unspecified atom stereocenters. The van der Waals surface area contributed by atoms with Crippen molar-refractivity contribution < 1.29 is 19.1 Å². The van der Waals surface area contributed by atoms with Crippen molar-refractivity contribution in [3.05, 3.63) is 12.7 Å². The summed E-state index contributed by atoms with van der Waals surface area (Å²) in [7, 11) is 0. The van der Waals surface area contributed by atoms with Gasteiger partial charge in [-0.2, -0.15) is 0 Å². The summed E-state index contributed by atoms with van der Waals surface area (Å²) in [5, 5.41) is 3.35. The largest absolute Gasteiger partial charge is 0.444 e. The first kappa shape index (κ1) is 27.2. The van der Waals surface area contributed by atoms with Gasteiger partial charge in [-0.3, -0.25) is 0 Å². The first-order chi connectivity index (χ1) is 14.3. The Morgan fingerprint density at radius 2 is 1.45 bits per heavy atom. The fourth-order valence-electron chi connectivity index (χ4n) is 3.39. The second-order valence-electron chi connectivity index (χ2n) is 10.3. The molecule has 0 bridgehead atoms. The van der Waals surface area contributed by atoms with Crippen LogP contribution < -0.4 is 11.1 Å². The molecule has 180 valence electrons. The number of piperidine rings is 2. The monoisotopic (exact) mass is 440 g/mol. The van der Waals surface area contributed by atoms with Crippen molar-refractivity contribution in [2.24, 2.45) is 5.73 Å². The minimum absolute atomic E-state index is 0.108. The normalized spacial score (nSPS) is 22.2. The van der Waals surface area contributed by atoms with Crippen LogP contribution in [0, 0.1) is 0 Å². The van der Waals surface area contributed by atoms with Crippen molar-refractivity contribution in [1.82, 2.24) is 15.1 Å². The highest BCUT2D eigenvalue weighted by Gasteiger charge is 2.27. The maximum absolute atomic E-state index is 11.9. The lowest BCUT2D eigenvalue weighted by atomic mass is 10.1. The van der Waals surface area contributed by atoms with Crippen molar-refractivity contribution in [2.45, 2.75) is 90.5 Å². The molecule has 2 aliphatic heterocycles. The lowest BCUT2D eigenvalue weighted by Crippen LogP contribution is -2.49. The predicted molar refractivity (Wildman–Crippen MR) is 124 cm³/mol. The topological polar surface area (TPSA) is 97.1 Å². The van der Waals surface area contributed by atoms with Gasteiger partial charge in [0, 0.05) is 44.8 Å². The lowest BCUT2D eigenvalue weighted by molar-refractivity contribution is 0.0183. The Labute approximate surface area is 188 Å². The molecule has 0 aliphatic carbocycles. The van der Waals surface area contributed by atoms with E-state index < -0.39 is 11.2 Å². The summed E-state index contributed by atoms with van der Waals surface area (Å²) in [4.78, 5) is 27.0. The van der Waals surface area contributed by atoms with Crippen LogP contribution in [-0.2, 0) is 9.47 Å². The molecule has 2 amide bonds. The predicted octanol–water partition coefficient (Wildman–Crippen LogP) is 3.51. The Hall–Kier alpha value is -1.80. The van der Waals surface area contributed by atoms with E-state index in [-0.39, 0.29) is 18.2 Å². The highest BCUT2D eigenvalue weighted by Crippen LogP contribution is 2.16. The Morgan fingerprint density at radius 3 is 1.90 bits per heavy atom. The Morgan fingerprint density at radius 1 is 0.968 bits per heavy atom. The van der Waals surface area contributed by atoms with E-state index in [1.54, 1.807) is 9.80 Å². The van der Waals surface area contributed by atoms with Crippen LogP contribution in [0.15, 0.2) is 12.7 Å². The molecular weight excluding hydrogens is 396 g/mol. The van der Waals surface area contributed by atoms with Crippen LogP contribution in [0.3, 0.4) is 0 Å². The molecule has 0 aromatic carbocycles. The molecule has 2 heterocycles. The molecule has 0 saturated carbocycles. The van der Waals surface area contributed by atoms with Crippen molar-refractivity contribution in [3.63, 3.8) is 0 Å². The van der Waals surface area contributed by atoms with Crippen molar-refractivity contribution in [3.8, 4) is 0 Å². The quantitative estimate of drug-likeness (QED) is 0.652. The molecule has 2 rings (SSSR count). The van der Waals surface area contributed by atoms with Gasteiger partial charge < -0.3 is 30.3 Å². The second-order valence-corrected chi connectivity index (χ2v) is 10.3. The molecule has 8 heteroatoms. The molecule has 0 aromatic heterocycles. The van der Waals surface area contributed by atoms with Gasteiger partial charge in [0.1, 0.15) is 11.2 Å². The van der Waals surface area contributed by atoms with Gasteiger partial charge in [-0.15, -0.1) is 6.58 Å². The molecule has 2 fully saturated rings. The van der Waals surface area contributed by atoms with Crippen molar-refractivity contribution >= 4 is 12.2 Å². The fraction of sp³-hybridized carbons (Fsp3) is 0.826. The number of carbonyl (C=O) groups excluding carboxylic acids is 2. The second kappa shape index (κ2) is 12.3. The summed E-state index contributed by atoms with van der Waals surface area (Å²) in [5.74, 6) is 0. The third-order valence-electron chi connectivity index (χ3n) is 4.73. The molecule has 8 nitrogen and oxygen atoms in total. The molecule has 3 N–H and O–H groups in total. The van der Waals surface area contributed by atoms with Crippen LogP contribution in [0.1, 0.15) is 67.2 Å². The molecule has 0 spiro atoms. The number of likely N-dealkylation sites (tertiary alicyclic amines) is 2. The fourth-order valence-corrected chi connectivity index (χ4v) is 3.39. The molecule has 0 radical (unpaired) electrons. The van der Waals surface area contributed by atoms with E-state index in [1.807, 2.05) is 47.6 Å². The minimum atomic E-state index is -0.418. The molecule has 31 heavy (non-hydrogen) atoms. The van der Waals surface area contributed by atoms with Gasteiger partial charge >= 0.3 is 12.2 Å². The molecular formula is C23H44N4O4. The number of nitrogens with two attached hydrogens (primary N) is 1. The summed E-state index contributed by atoms with van der Waals surface area (Å²) in [6.45, 7) is 18.7. The third-order valence-corrected chi connectivity index (χ3v) is 4.73. The zero-order chi connectivity index (χ0) is 23.7. The zero-order valence-electron chi connectivity index (χ0n) is 20.4. The molecule has 0 aromatic rings. The maximum Gasteiger partial charge on any atom is 0.410 e. The summed E-state index contributed by atoms with van der Waals surface area (Å²) in [5.41, 5.74) is 4.94. The zero-order valence-corrected chi connectivity index (χ0v) is 20.4. The van der Waals surface area contributed by atoms with Gasteiger partial charge in [0.25, 0.3) is 0 Å². The van der Waals surface area contributed by atoms with E-state index in [4.69, 9.17) is 15.2 Å². The van der Waals surface area contributed by atoms with Gasteiger partial charge in [-0.1, -0.05) is 6.08 Å². The average Bonchev–Trinajstić information content (AvgIpc) is 2.64. The van der Waals surface area contributed by atoms with Gasteiger partial charge in [-0.25, -0.2) is 9.59 Å². The van der Waals surface area contributed by atoms with E-state index in [1.165, 1.54) is 0 Å². The van der Waals surface area contributed by atoms with Crippen LogP contribution in [0.4, 0.5) is 9.59 Å². The molecule has 2 aliphatic rings. The number of hydrogen-bond acceptors (Lipinski definition) is 6. The highest BCUT2D eigenvalue weighted by molar-refractivity contribution is 5.68. The van der Waals surface area contributed by atoms with Gasteiger partial charge in [0.05, 0.1) is 0 Å². The molecule has 2 atom stereocenters. The van der Waals surface area contributed by atoms with Crippen molar-refractivity contribution in [2.75, 3.05) is 32.7 Å². The Balaban J connectivity index is 0.000000316. The minimum Gasteiger partial charge on any atom is -0.444 e. The Bertz CT molecular complexity index is 583. The number of rotatable bonds is 3. The van der Waals surface area contributed by atoms with Crippen LogP contribution in [0.2, 0.25) is 0 Å². The van der Waals surface area contributed by atoms with E-state index in [2.05, 4.69) is 11.9 Å². The average molecular weight is 441 g/mol. The summed E-state index contributed by atoms with van der Waals surface area (Å²) >= 11 is 0. The van der Waals surface area contributed by atoms with E-state index >= 15 is 0 Å². The standard InChI is InChI=1S/C13H24N2O2.C10H20N2O2/c1-5-8-14-11-7-6-9-15(10-11)12(16)17-13(2,3)4;1-10(2,3)14-9(13)12-6-4-5-8(11)7-12/h5,11,14H,1,6-10H2,2-4H3;8H,4-7,11H2,1-3H3/t11-;8-/m11/s1. The Kier molecular flexibility index (Phi) is 10.8. The number of ether oxygens (including phenoxy) is 2. The molecule has 2 saturated heterocycles. The van der Waals surface area contributed by atoms with Crippen LogP contribution in [0.5, 0.6) is 0 Å². The first-order valence-corrected chi connectivity index (χ1v) is 11.4. The van der Waals surface area contributed by atoms with E-state index in [0.717, 1.165) is 51.9 Å². The smallest absolute Gasteiger partial charge is 0.410 e. The summed E-state index contributed by atoms with van der Waals surface area (Å²) < 4.78 is 10.6. The summed E-state index contributed by atoms with van der Waals surface area (Å²) in [6, 6.07) is 0.463. The number of hydrogen-bond donors (Lipinski definition) is 2. The van der Waals surface area contributed by atoms with Gasteiger partial charge in [0.2, 0.25) is 0 Å². The number of carbonyl (C=O) groups is 2. The lowest BCUT2D eigenvalue weighted by Gasteiger charge is -2.34. The van der Waals surface area contributed by atoms with E-state index in [0.29, 0.717) is 12.6 Å². The van der Waals surface area contributed by atoms with Gasteiger partial charge in [0.15, 0.2) is 0 Å². The number of nitrogens with zero attached hydrogens (tertiary/aromatic N) is 2. The third kappa shape index (κ3) is 12.0. The number of nitrogens with one attached hydrogen (secondary N) is 1. The van der Waals surface area contributed by atoms with Crippen LogP contribution in [0.25, 0.3) is 0 Å². The first-order valence-electron chi connectivity index (χ1n) is 11.4. The van der Waals surface area contributed by atoms with Crippen LogP contribution in [-0.4, -0.2) is 78.0 Å². The highest BCUT2D eigenvalue weighted by atomic mass is 16.6. The summed E-state index contributed by atoms with van der Waals surface area (Å²) in [6.07, 6.45) is 5.49.